The van der Waals surface area contributed by atoms with Gasteiger partial charge >= 0.3 is 5.97 Å². The largest absolute Gasteiger partial charge is 0.497 e. The highest BCUT2D eigenvalue weighted by molar-refractivity contribution is 6.01. The second kappa shape index (κ2) is 9.26. The van der Waals surface area contributed by atoms with Crippen LogP contribution in [0.25, 0.3) is 0 Å². The summed E-state index contributed by atoms with van der Waals surface area (Å²) >= 11 is 0. The van der Waals surface area contributed by atoms with Gasteiger partial charge < -0.3 is 24.5 Å². The maximum absolute atomic E-state index is 12.1. The zero-order chi connectivity index (χ0) is 18.9. The molecule has 2 aromatic rings. The average molecular weight is 360 g/mol. The highest BCUT2D eigenvalue weighted by atomic mass is 16.5. The van der Waals surface area contributed by atoms with Gasteiger partial charge in [-0.2, -0.15) is 0 Å². The Labute approximate surface area is 150 Å². The zero-order valence-electron chi connectivity index (χ0n) is 14.5. The van der Waals surface area contributed by atoms with Crippen molar-refractivity contribution in [2.45, 2.75) is 12.8 Å². The lowest BCUT2D eigenvalue weighted by Crippen LogP contribution is -2.25. The van der Waals surface area contributed by atoms with Crippen LogP contribution in [0.15, 0.2) is 41.0 Å². The van der Waals surface area contributed by atoms with E-state index in [2.05, 4.69) is 10.6 Å². The molecule has 138 valence electrons. The van der Waals surface area contributed by atoms with Crippen LogP contribution < -0.4 is 15.4 Å². The Bertz CT molecular complexity index is 770. The minimum atomic E-state index is -0.579. The van der Waals surface area contributed by atoms with Crippen molar-refractivity contribution in [3.8, 4) is 5.75 Å². The monoisotopic (exact) mass is 360 g/mol. The van der Waals surface area contributed by atoms with Crippen LogP contribution in [0.3, 0.4) is 0 Å². The number of benzene rings is 1. The number of hydrogen-bond donors (Lipinski definition) is 2. The molecular formula is C18H20N2O6. The average Bonchev–Trinajstić information content (AvgIpc) is 3.19. The molecule has 0 bridgehead atoms. The lowest BCUT2D eigenvalue weighted by atomic mass is 10.1. The lowest BCUT2D eigenvalue weighted by molar-refractivity contribution is -0.116. The molecule has 0 unspecified atom stereocenters. The molecule has 0 spiro atoms. The van der Waals surface area contributed by atoms with Crippen LogP contribution in [0, 0.1) is 0 Å². The summed E-state index contributed by atoms with van der Waals surface area (Å²) in [6.07, 6.45) is 2.02. The smallest absolute Gasteiger partial charge is 0.340 e. The van der Waals surface area contributed by atoms with Crippen LogP contribution in [-0.2, 0) is 9.53 Å². The summed E-state index contributed by atoms with van der Waals surface area (Å²) in [6.45, 7) is 0.319. The van der Waals surface area contributed by atoms with Crippen molar-refractivity contribution in [1.29, 1.82) is 0 Å². The van der Waals surface area contributed by atoms with Crippen molar-refractivity contribution >= 4 is 23.5 Å². The van der Waals surface area contributed by atoms with E-state index in [4.69, 9.17) is 13.9 Å². The molecule has 2 rings (SSSR count). The Balaban J connectivity index is 1.85. The van der Waals surface area contributed by atoms with Gasteiger partial charge in [0.15, 0.2) is 5.76 Å². The van der Waals surface area contributed by atoms with E-state index in [9.17, 15) is 14.4 Å². The molecule has 0 fully saturated rings. The molecule has 26 heavy (non-hydrogen) atoms. The number of carbonyl (C=O) groups excluding carboxylic acids is 3. The highest BCUT2D eigenvalue weighted by Crippen LogP contribution is 2.23. The number of anilines is 1. The number of ether oxygens (including phenoxy) is 2. The fourth-order valence-corrected chi connectivity index (χ4v) is 2.20. The van der Waals surface area contributed by atoms with E-state index in [0.29, 0.717) is 24.4 Å². The normalized spacial score (nSPS) is 10.1. The Morgan fingerprint density at radius 2 is 1.96 bits per heavy atom. The third kappa shape index (κ3) is 5.10. The van der Waals surface area contributed by atoms with E-state index in [1.54, 1.807) is 24.3 Å². The Morgan fingerprint density at radius 1 is 1.15 bits per heavy atom. The summed E-state index contributed by atoms with van der Waals surface area (Å²) in [6, 6.07) is 7.87. The summed E-state index contributed by atoms with van der Waals surface area (Å²) in [5.41, 5.74) is 0.536. The van der Waals surface area contributed by atoms with Crippen LogP contribution in [0.2, 0.25) is 0 Å². The van der Waals surface area contributed by atoms with Gasteiger partial charge in [-0.3, -0.25) is 9.59 Å². The first-order valence-corrected chi connectivity index (χ1v) is 7.93. The van der Waals surface area contributed by atoms with Crippen LogP contribution in [0.5, 0.6) is 5.75 Å². The molecule has 0 saturated heterocycles. The van der Waals surface area contributed by atoms with E-state index in [0.717, 1.165) is 0 Å². The molecule has 1 aromatic heterocycles. The first-order chi connectivity index (χ1) is 12.5. The van der Waals surface area contributed by atoms with Gasteiger partial charge in [-0.05, 0) is 36.8 Å². The summed E-state index contributed by atoms with van der Waals surface area (Å²) < 4.78 is 14.8. The molecule has 0 aliphatic carbocycles. The number of rotatable bonds is 8. The van der Waals surface area contributed by atoms with Crippen LogP contribution in [-0.4, -0.2) is 38.5 Å². The third-order valence-electron chi connectivity index (χ3n) is 3.52. The second-order valence-electron chi connectivity index (χ2n) is 5.29. The zero-order valence-corrected chi connectivity index (χ0v) is 14.5. The second-order valence-corrected chi connectivity index (χ2v) is 5.29. The molecule has 2 amide bonds. The van der Waals surface area contributed by atoms with E-state index >= 15 is 0 Å². The number of methoxy groups -OCH3 is 2. The predicted octanol–water partition coefficient (Wildman–Crippen LogP) is 2.22. The minimum absolute atomic E-state index is 0.172. The first kappa shape index (κ1) is 19.0. The van der Waals surface area contributed by atoms with Gasteiger partial charge in [0.1, 0.15) is 5.75 Å². The molecule has 1 aromatic carbocycles. The van der Waals surface area contributed by atoms with Crippen molar-refractivity contribution < 1.29 is 28.3 Å². The molecular weight excluding hydrogens is 340 g/mol. The molecule has 8 heteroatoms. The van der Waals surface area contributed by atoms with E-state index in [1.165, 1.54) is 26.5 Å². The van der Waals surface area contributed by atoms with Crippen LogP contribution >= 0.6 is 0 Å². The molecule has 2 N–H and O–H groups in total. The van der Waals surface area contributed by atoms with Crippen LogP contribution in [0.4, 0.5) is 5.69 Å². The summed E-state index contributed by atoms with van der Waals surface area (Å²) in [5.74, 6) is -0.504. The number of hydrogen-bond acceptors (Lipinski definition) is 6. The maximum atomic E-state index is 12.1. The standard InChI is InChI=1S/C18H20N2O6/c1-24-12-7-8-14(13(11-12)18(23)25-2)20-16(21)6-3-9-19-17(22)15-5-4-10-26-15/h4-5,7-8,10-11H,3,6,9H2,1-2H3,(H,19,22)(H,20,21). The number of esters is 1. The van der Waals surface area contributed by atoms with Crippen molar-refractivity contribution in [2.75, 3.05) is 26.1 Å². The van der Waals surface area contributed by atoms with Gasteiger partial charge in [-0.15, -0.1) is 0 Å². The molecule has 0 atom stereocenters. The maximum Gasteiger partial charge on any atom is 0.340 e. The fraction of sp³-hybridized carbons (Fsp3) is 0.278. The van der Waals surface area contributed by atoms with Gasteiger partial charge in [0, 0.05) is 13.0 Å². The highest BCUT2D eigenvalue weighted by Gasteiger charge is 2.15. The minimum Gasteiger partial charge on any atom is -0.497 e. The molecule has 1 heterocycles. The SMILES string of the molecule is COC(=O)c1cc(OC)ccc1NC(=O)CCCNC(=O)c1ccco1. The third-order valence-corrected chi connectivity index (χ3v) is 3.52. The van der Waals surface area contributed by atoms with E-state index < -0.39 is 5.97 Å². The van der Waals surface area contributed by atoms with Gasteiger partial charge in [-0.25, -0.2) is 4.79 Å². The molecule has 0 aliphatic rings. The molecule has 8 nitrogen and oxygen atoms in total. The Morgan fingerprint density at radius 3 is 2.62 bits per heavy atom. The summed E-state index contributed by atoms with van der Waals surface area (Å²) in [4.78, 5) is 35.6. The molecule has 0 saturated carbocycles. The molecule has 0 radical (unpaired) electrons. The lowest BCUT2D eigenvalue weighted by Gasteiger charge is -2.11. The number of furan rings is 1. The Kier molecular flexibility index (Phi) is 6.78. The topological polar surface area (TPSA) is 107 Å². The van der Waals surface area contributed by atoms with Gasteiger partial charge in [0.2, 0.25) is 5.91 Å². The number of amides is 2. The van der Waals surface area contributed by atoms with Crippen LogP contribution in [0.1, 0.15) is 33.8 Å². The van der Waals surface area contributed by atoms with Crippen molar-refractivity contribution in [2.24, 2.45) is 0 Å². The van der Waals surface area contributed by atoms with E-state index in [-0.39, 0.29) is 29.6 Å². The first-order valence-electron chi connectivity index (χ1n) is 7.93. The van der Waals surface area contributed by atoms with Gasteiger partial charge in [0.25, 0.3) is 5.91 Å². The molecule has 0 aliphatic heterocycles. The van der Waals surface area contributed by atoms with Gasteiger partial charge in [-0.1, -0.05) is 0 Å². The Hall–Kier alpha value is -3.29. The van der Waals surface area contributed by atoms with E-state index in [1.807, 2.05) is 0 Å². The quantitative estimate of drug-likeness (QED) is 0.552. The predicted molar refractivity (Wildman–Crippen MR) is 93.2 cm³/mol. The van der Waals surface area contributed by atoms with Crippen molar-refractivity contribution in [1.82, 2.24) is 5.32 Å². The summed E-state index contributed by atoms with van der Waals surface area (Å²) in [7, 11) is 2.74. The van der Waals surface area contributed by atoms with Gasteiger partial charge in [0.05, 0.1) is 31.7 Å². The van der Waals surface area contributed by atoms with Crippen molar-refractivity contribution in [3.05, 3.63) is 47.9 Å². The fourth-order valence-electron chi connectivity index (χ4n) is 2.20. The summed E-state index contributed by atoms with van der Waals surface area (Å²) in [5, 5.41) is 5.32. The number of carbonyl (C=O) groups is 3. The van der Waals surface area contributed by atoms with Crippen molar-refractivity contribution in [3.63, 3.8) is 0 Å². The number of nitrogens with one attached hydrogen (secondary N) is 2.